The van der Waals surface area contributed by atoms with Crippen LogP contribution in [0.3, 0.4) is 0 Å². The summed E-state index contributed by atoms with van der Waals surface area (Å²) in [6, 6.07) is 26.0. The minimum Gasteiger partial charge on any atom is -0.494 e. The fourth-order valence-corrected chi connectivity index (χ4v) is 13.7. The molecule has 6 aliphatic rings. The van der Waals surface area contributed by atoms with E-state index in [0.29, 0.717) is 64.8 Å². The number of ether oxygens (including phenoxy) is 2. The lowest BCUT2D eigenvalue weighted by molar-refractivity contribution is -0.111. The lowest BCUT2D eigenvalue weighted by Gasteiger charge is -2.26. The molecule has 2 aliphatic carbocycles. The number of aromatic nitrogens is 6. The van der Waals surface area contributed by atoms with Crippen molar-refractivity contribution in [3.63, 3.8) is 0 Å². The van der Waals surface area contributed by atoms with Crippen molar-refractivity contribution < 1.29 is 14.3 Å². The van der Waals surface area contributed by atoms with E-state index in [9.17, 15) is 4.79 Å². The molecule has 0 radical (unpaired) electrons. The molecule has 0 spiro atoms. The van der Waals surface area contributed by atoms with Crippen molar-refractivity contribution >= 4 is 106 Å². The van der Waals surface area contributed by atoms with Crippen LogP contribution in [-0.4, -0.2) is 125 Å². The smallest absolute Gasteiger partial charge is 0.247 e. The Labute approximate surface area is 482 Å². The van der Waals surface area contributed by atoms with Crippen LogP contribution in [0, 0.1) is 23.7 Å². The Balaban J connectivity index is 0.000000152. The molecular formula is C61H66Br2N14O3. The van der Waals surface area contributed by atoms with E-state index >= 15 is 0 Å². The highest BCUT2D eigenvalue weighted by Gasteiger charge is 2.41. The highest BCUT2D eigenvalue weighted by atomic mass is 79.9. The summed E-state index contributed by atoms with van der Waals surface area (Å²) in [5, 5.41) is 12.1. The number of benzene rings is 4. The monoisotopic (exact) mass is 1200 g/mol. The zero-order chi connectivity index (χ0) is 54.9. The van der Waals surface area contributed by atoms with Gasteiger partial charge in [-0.05, 0) is 126 Å². The Kier molecular flexibility index (Phi) is 13.9. The first-order valence-electron chi connectivity index (χ1n) is 27.7. The van der Waals surface area contributed by atoms with E-state index in [2.05, 4.69) is 168 Å². The second-order valence-corrected chi connectivity index (χ2v) is 24.3. The first-order chi connectivity index (χ1) is 38.9. The predicted octanol–water partition coefficient (Wildman–Crippen LogP) is 11.6. The number of amides is 1. The van der Waals surface area contributed by atoms with Gasteiger partial charge in [-0.1, -0.05) is 43.0 Å². The van der Waals surface area contributed by atoms with Crippen molar-refractivity contribution in [2.45, 2.75) is 37.8 Å². The number of nitrogens with zero attached hydrogens (tertiary/aromatic N) is 10. The second-order valence-electron chi connectivity index (χ2n) is 22.6. The molecule has 14 rings (SSSR count). The molecule has 0 unspecified atom stereocenters. The normalized spacial score (nSPS) is 20.7. The minimum atomic E-state index is -0.263. The molecule has 2 saturated carbocycles. The number of para-hydroxylation sites is 2. The summed E-state index contributed by atoms with van der Waals surface area (Å²) in [5.74, 6) is 4.66. The van der Waals surface area contributed by atoms with Gasteiger partial charge >= 0.3 is 0 Å². The lowest BCUT2D eigenvalue weighted by Crippen LogP contribution is -2.27. The van der Waals surface area contributed by atoms with Gasteiger partial charge in [0.2, 0.25) is 17.8 Å². The van der Waals surface area contributed by atoms with Gasteiger partial charge in [-0.2, -0.15) is 0 Å². The number of methoxy groups -OCH3 is 2. The summed E-state index contributed by atoms with van der Waals surface area (Å²) in [7, 11) is 7.74. The number of rotatable bonds is 14. The van der Waals surface area contributed by atoms with Gasteiger partial charge in [0, 0.05) is 134 Å². The first-order valence-corrected chi connectivity index (χ1v) is 29.3. The van der Waals surface area contributed by atoms with Crippen LogP contribution in [0.1, 0.15) is 37.8 Å². The highest BCUT2D eigenvalue weighted by Crippen LogP contribution is 2.47. The molecular weight excluding hydrogens is 1140 g/mol. The fourth-order valence-electron chi connectivity index (χ4n) is 12.9. The Morgan fingerprint density at radius 2 is 1.06 bits per heavy atom. The van der Waals surface area contributed by atoms with Crippen LogP contribution >= 0.6 is 31.9 Å². The number of fused-ring (bicyclic) bond motifs is 4. The molecule has 0 bridgehead atoms. The van der Waals surface area contributed by atoms with Crippen molar-refractivity contribution in [1.29, 1.82) is 0 Å². The third kappa shape index (κ3) is 10.1. The SMILES string of the molecule is C=CC(=O)Nc1cc(Nc2ncc(Br)c(-c3cn(C4CC4)c4ccccc34)n2)c(OC)cc1N1C[C@H]2CN(C)C[C@H]2C1.COc1cc(N2C[C@H]3CN(C)C[C@H]3C2)c(N)cc1Nc1ncc(Br)c(-c2cn(C3CC3)c3ccccc23)n1. The number of hydrogen-bond donors (Lipinski definition) is 4. The molecule has 4 atom stereocenters. The Hall–Kier alpha value is -7.19. The van der Waals surface area contributed by atoms with Crippen LogP contribution in [0.15, 0.2) is 119 Å². The number of carbonyl (C=O) groups is 1. The van der Waals surface area contributed by atoms with Gasteiger partial charge < -0.3 is 59.9 Å². The topological polar surface area (TPSA) is 172 Å². The van der Waals surface area contributed by atoms with Gasteiger partial charge in [-0.3, -0.25) is 4.79 Å². The van der Waals surface area contributed by atoms with Crippen molar-refractivity contribution in [2.24, 2.45) is 23.7 Å². The second kappa shape index (κ2) is 21.4. The van der Waals surface area contributed by atoms with Crippen molar-refractivity contribution in [3.05, 3.63) is 119 Å². The Morgan fingerprint density at radius 3 is 1.51 bits per heavy atom. The number of nitrogens with two attached hydrogens (primary N) is 1. The van der Waals surface area contributed by atoms with Crippen molar-refractivity contribution in [3.8, 4) is 34.0 Å². The van der Waals surface area contributed by atoms with E-state index in [-0.39, 0.29) is 5.91 Å². The minimum absolute atomic E-state index is 0.263. The summed E-state index contributed by atoms with van der Waals surface area (Å²) in [5.41, 5.74) is 17.7. The van der Waals surface area contributed by atoms with Gasteiger partial charge in [0.05, 0.1) is 68.7 Å². The molecule has 4 aromatic heterocycles. The maximum absolute atomic E-state index is 12.5. The third-order valence-corrected chi connectivity index (χ3v) is 18.1. The maximum atomic E-state index is 12.5. The van der Waals surface area contributed by atoms with Gasteiger partial charge in [0.1, 0.15) is 11.5 Å². The predicted molar refractivity (Wildman–Crippen MR) is 327 cm³/mol. The summed E-state index contributed by atoms with van der Waals surface area (Å²) in [4.78, 5) is 41.1. The van der Waals surface area contributed by atoms with E-state index in [4.69, 9.17) is 25.2 Å². The van der Waals surface area contributed by atoms with Crippen molar-refractivity contribution in [2.75, 3.05) is 112 Å². The number of carbonyl (C=O) groups excluding carboxylic acids is 1. The quantitative estimate of drug-likeness (QED) is 0.0599. The van der Waals surface area contributed by atoms with Crippen LogP contribution in [0.2, 0.25) is 0 Å². The zero-order valence-electron chi connectivity index (χ0n) is 45.5. The summed E-state index contributed by atoms with van der Waals surface area (Å²) in [6.07, 6.45) is 14.2. The molecule has 80 heavy (non-hydrogen) atoms. The molecule has 4 aromatic carbocycles. The molecule has 1 amide bonds. The fraction of sp³-hybridized carbons (Fsp3) is 0.361. The molecule has 6 fully saturated rings. The summed E-state index contributed by atoms with van der Waals surface area (Å²) < 4.78 is 18.1. The van der Waals surface area contributed by atoms with E-state index in [0.717, 1.165) is 118 Å². The van der Waals surface area contributed by atoms with Crippen LogP contribution in [0.5, 0.6) is 11.5 Å². The number of nitrogen functional groups attached to an aromatic ring is 1. The molecule has 412 valence electrons. The number of nitrogens with one attached hydrogen (secondary N) is 3. The largest absolute Gasteiger partial charge is 0.494 e. The van der Waals surface area contributed by atoms with E-state index in [1.54, 1.807) is 26.6 Å². The Bertz CT molecular complexity index is 3680. The standard InChI is InChI=1S/C32H34BrN7O2.C29H32BrN7O/c1-4-30(41)35-25-11-26(29(42-3)12-28(25)39-16-19-14-38(2)15-20(19)17-39)36-32-34-13-24(33)31(37-32)23-18-40(21-9-10-21)27-8-6-5-7-22(23)27;1-35-12-17-14-36(15-18(17)13-35)26-10-27(38-2)24(9-23(26)31)33-29-32-11-22(30)28(34-29)21-16-37(19-7-8-19)25-6-4-3-5-20(21)25/h4-8,11-13,18-21H,1,9-10,14-17H2,2-3H3,(H,35,41)(H,34,36,37);3-6,9-11,16-19H,7-8,12-15,31H2,1-2H3,(H,32,33,34)/t19-,20+;17-,18+. The van der Waals surface area contributed by atoms with Gasteiger partial charge in [0.25, 0.3) is 0 Å². The average Bonchev–Trinajstić information content (AvgIpc) is 4.23. The maximum Gasteiger partial charge on any atom is 0.247 e. The van der Waals surface area contributed by atoms with Crippen molar-refractivity contribution in [1.82, 2.24) is 38.9 Å². The number of likely N-dealkylation sites (tertiary alicyclic amines) is 2. The summed E-state index contributed by atoms with van der Waals surface area (Å²) in [6.45, 7) is 12.1. The molecule has 19 heteroatoms. The van der Waals surface area contributed by atoms with Crippen LogP contribution in [0.4, 0.5) is 46.0 Å². The van der Waals surface area contributed by atoms with E-state index in [1.807, 2.05) is 24.3 Å². The first kappa shape index (κ1) is 52.2. The third-order valence-electron chi connectivity index (χ3n) is 17.0. The average molecular weight is 1200 g/mol. The van der Waals surface area contributed by atoms with Gasteiger partial charge in [-0.25, -0.2) is 19.9 Å². The number of halogens is 2. The molecule has 8 aromatic rings. The lowest BCUT2D eigenvalue weighted by atomic mass is 10.0. The molecule has 17 nitrogen and oxygen atoms in total. The van der Waals surface area contributed by atoms with Crippen LogP contribution < -0.4 is 41.0 Å². The highest BCUT2D eigenvalue weighted by molar-refractivity contribution is 9.11. The van der Waals surface area contributed by atoms with Crippen LogP contribution in [-0.2, 0) is 4.79 Å². The number of anilines is 8. The number of hydrogen-bond acceptors (Lipinski definition) is 14. The van der Waals surface area contributed by atoms with E-state index in [1.165, 1.54) is 48.2 Å². The molecule has 5 N–H and O–H groups in total. The molecule has 8 heterocycles. The summed E-state index contributed by atoms with van der Waals surface area (Å²) >= 11 is 7.39. The van der Waals surface area contributed by atoms with Gasteiger partial charge in [0.15, 0.2) is 0 Å². The van der Waals surface area contributed by atoms with Gasteiger partial charge in [-0.15, -0.1) is 0 Å². The Morgan fingerprint density at radius 1 is 0.625 bits per heavy atom. The van der Waals surface area contributed by atoms with Crippen LogP contribution in [0.25, 0.3) is 44.3 Å². The molecule has 4 aliphatic heterocycles. The van der Waals surface area contributed by atoms with E-state index < -0.39 is 0 Å². The molecule has 4 saturated heterocycles. The zero-order valence-corrected chi connectivity index (χ0v) is 48.7.